The summed E-state index contributed by atoms with van der Waals surface area (Å²) in [5.41, 5.74) is 0. The first-order chi connectivity index (χ1) is 12.3. The average Bonchev–Trinajstić information content (AvgIpc) is 2.64. The average molecular weight is 358 g/mol. The smallest absolute Gasteiger partial charge is 0.101 e. The van der Waals surface area contributed by atoms with Crippen molar-refractivity contribution in [2.45, 2.75) is 81.9 Å². The zero-order valence-electron chi connectivity index (χ0n) is 15.3. The highest BCUT2D eigenvalue weighted by atomic mass is 16.6. The summed E-state index contributed by atoms with van der Waals surface area (Å²) in [4.78, 5) is 0. The zero-order valence-corrected chi connectivity index (χ0v) is 15.3. The molecule has 4 unspecified atom stereocenters. The van der Waals surface area contributed by atoms with Gasteiger partial charge in [-0.25, -0.2) is 0 Å². The van der Waals surface area contributed by atoms with Gasteiger partial charge in [0, 0.05) is 0 Å². The van der Waals surface area contributed by atoms with Crippen LogP contribution < -0.4 is 0 Å². The van der Waals surface area contributed by atoms with E-state index in [1.807, 2.05) is 0 Å². The van der Waals surface area contributed by atoms with Crippen LogP contribution >= 0.6 is 0 Å². The fourth-order valence-electron chi connectivity index (χ4n) is 4.02. The summed E-state index contributed by atoms with van der Waals surface area (Å²) in [7, 11) is 0. The number of fused-ring (bicyclic) bond motifs is 2. The topological polar surface area (TPSA) is 66.4 Å². The maximum atomic E-state index is 10.2. The van der Waals surface area contributed by atoms with Crippen molar-refractivity contribution >= 4 is 0 Å². The summed E-state index contributed by atoms with van der Waals surface area (Å²) >= 11 is 0. The maximum Gasteiger partial charge on any atom is 0.101 e. The van der Waals surface area contributed by atoms with Crippen LogP contribution in [0.3, 0.4) is 0 Å². The molecule has 0 aromatic rings. The van der Waals surface area contributed by atoms with Crippen molar-refractivity contribution < 1.29 is 28.8 Å². The predicted molar refractivity (Wildman–Crippen MR) is 92.7 cm³/mol. The third kappa shape index (κ3) is 6.45. The van der Waals surface area contributed by atoms with Crippen LogP contribution in [0.15, 0.2) is 0 Å². The van der Waals surface area contributed by atoms with Gasteiger partial charge in [-0.2, -0.15) is 0 Å². The quantitative estimate of drug-likeness (QED) is 0.715. The monoisotopic (exact) mass is 358 g/mol. The first-order valence-electron chi connectivity index (χ1n) is 10.0. The van der Waals surface area contributed by atoms with Crippen molar-refractivity contribution in [1.82, 2.24) is 0 Å². The van der Waals surface area contributed by atoms with E-state index in [0.29, 0.717) is 39.6 Å². The van der Waals surface area contributed by atoms with E-state index in [2.05, 4.69) is 0 Å². The number of ether oxygens (including phenoxy) is 5. The Kier molecular flexibility index (Phi) is 8.43. The standard InChI is InChI=1S/C19H34O6/c20-15-13-24-18-7-3-1-5-16(18)22-11-9-21-10-12-23-17-6-2-4-8-19(17)25-14-15/h15-20H,1-14H2. The van der Waals surface area contributed by atoms with Crippen LogP contribution in [-0.4, -0.2) is 75.3 Å². The molecule has 6 heteroatoms. The molecule has 3 aliphatic rings. The molecule has 3 fully saturated rings. The molecular formula is C19H34O6. The summed E-state index contributed by atoms with van der Waals surface area (Å²) in [6.45, 7) is 2.95. The van der Waals surface area contributed by atoms with Gasteiger partial charge in [0.1, 0.15) is 6.10 Å². The van der Waals surface area contributed by atoms with E-state index in [4.69, 9.17) is 23.7 Å². The lowest BCUT2D eigenvalue weighted by atomic mass is 9.94. The SMILES string of the molecule is OC1COC2CCCCC2OCCOCCOC2CCCCC2OC1. The highest BCUT2D eigenvalue weighted by molar-refractivity contribution is 4.79. The molecule has 0 amide bonds. The lowest BCUT2D eigenvalue weighted by Gasteiger charge is -2.34. The highest BCUT2D eigenvalue weighted by Crippen LogP contribution is 2.25. The molecule has 0 aromatic carbocycles. The summed E-state index contributed by atoms with van der Waals surface area (Å²) in [6, 6.07) is 0. The fourth-order valence-corrected chi connectivity index (χ4v) is 4.02. The van der Waals surface area contributed by atoms with Gasteiger partial charge in [0.2, 0.25) is 0 Å². The van der Waals surface area contributed by atoms with Gasteiger partial charge in [-0.15, -0.1) is 0 Å². The summed E-state index contributed by atoms with van der Waals surface area (Å²) in [5.74, 6) is 0. The number of hydrogen-bond donors (Lipinski definition) is 1. The summed E-state index contributed by atoms with van der Waals surface area (Å²) in [6.07, 6.45) is 8.47. The minimum atomic E-state index is -0.596. The van der Waals surface area contributed by atoms with Crippen molar-refractivity contribution in [1.29, 1.82) is 0 Å². The molecule has 1 saturated heterocycles. The van der Waals surface area contributed by atoms with Crippen molar-refractivity contribution in [3.05, 3.63) is 0 Å². The maximum absolute atomic E-state index is 10.2. The minimum Gasteiger partial charge on any atom is -0.388 e. The van der Waals surface area contributed by atoms with Crippen molar-refractivity contribution in [3.8, 4) is 0 Å². The second-order valence-corrected chi connectivity index (χ2v) is 7.40. The molecule has 146 valence electrons. The van der Waals surface area contributed by atoms with Gasteiger partial charge in [0.25, 0.3) is 0 Å². The molecule has 1 heterocycles. The van der Waals surface area contributed by atoms with E-state index in [9.17, 15) is 5.11 Å². The number of hydrogen-bond acceptors (Lipinski definition) is 6. The van der Waals surface area contributed by atoms with Crippen LogP contribution in [0.2, 0.25) is 0 Å². The van der Waals surface area contributed by atoms with Gasteiger partial charge in [-0.05, 0) is 25.7 Å². The lowest BCUT2D eigenvalue weighted by molar-refractivity contribution is -0.147. The van der Waals surface area contributed by atoms with E-state index >= 15 is 0 Å². The van der Waals surface area contributed by atoms with Gasteiger partial charge < -0.3 is 28.8 Å². The fraction of sp³-hybridized carbons (Fsp3) is 1.00. The van der Waals surface area contributed by atoms with Crippen molar-refractivity contribution in [3.63, 3.8) is 0 Å². The molecule has 4 atom stereocenters. The van der Waals surface area contributed by atoms with Gasteiger partial charge in [-0.1, -0.05) is 25.7 Å². The molecule has 0 aromatic heterocycles. The van der Waals surface area contributed by atoms with Crippen molar-refractivity contribution in [2.75, 3.05) is 39.6 Å². The molecular weight excluding hydrogens is 324 g/mol. The van der Waals surface area contributed by atoms with Crippen LogP contribution in [0, 0.1) is 0 Å². The highest BCUT2D eigenvalue weighted by Gasteiger charge is 2.29. The molecule has 3 rings (SSSR count). The van der Waals surface area contributed by atoms with Crippen LogP contribution in [0.5, 0.6) is 0 Å². The summed E-state index contributed by atoms with van der Waals surface area (Å²) < 4.78 is 29.5. The Balaban J connectivity index is 1.53. The third-order valence-corrected chi connectivity index (χ3v) is 5.41. The zero-order chi connectivity index (χ0) is 17.3. The molecule has 2 saturated carbocycles. The molecule has 0 spiro atoms. The van der Waals surface area contributed by atoms with Gasteiger partial charge >= 0.3 is 0 Å². The van der Waals surface area contributed by atoms with E-state index in [1.54, 1.807) is 0 Å². The van der Waals surface area contributed by atoms with E-state index in [-0.39, 0.29) is 24.4 Å². The van der Waals surface area contributed by atoms with Crippen molar-refractivity contribution in [2.24, 2.45) is 0 Å². The van der Waals surface area contributed by atoms with Gasteiger partial charge in [0.05, 0.1) is 64.1 Å². The minimum absolute atomic E-state index is 0.0714. The Bertz CT molecular complexity index is 334. The first kappa shape index (κ1) is 19.5. The van der Waals surface area contributed by atoms with Gasteiger partial charge in [-0.3, -0.25) is 0 Å². The molecule has 1 aliphatic heterocycles. The van der Waals surface area contributed by atoms with E-state index in [1.165, 1.54) is 12.8 Å². The number of aliphatic hydroxyl groups is 1. The normalized spacial score (nSPS) is 40.0. The van der Waals surface area contributed by atoms with Crippen LogP contribution in [0.4, 0.5) is 0 Å². The third-order valence-electron chi connectivity index (χ3n) is 5.41. The Hall–Kier alpha value is -0.240. The first-order valence-corrected chi connectivity index (χ1v) is 10.0. The Morgan fingerprint density at radius 3 is 1.36 bits per heavy atom. The Morgan fingerprint density at radius 1 is 0.520 bits per heavy atom. The second kappa shape index (κ2) is 10.8. The predicted octanol–water partition coefficient (Wildman–Crippen LogP) is 2.07. The second-order valence-electron chi connectivity index (χ2n) is 7.40. The lowest BCUT2D eigenvalue weighted by Crippen LogP contribution is -2.40. The molecule has 2 aliphatic carbocycles. The Morgan fingerprint density at radius 2 is 0.920 bits per heavy atom. The number of rotatable bonds is 0. The molecule has 1 N–H and O–H groups in total. The molecule has 25 heavy (non-hydrogen) atoms. The Labute approximate surface area is 151 Å². The molecule has 0 radical (unpaired) electrons. The van der Waals surface area contributed by atoms with E-state index < -0.39 is 6.10 Å². The van der Waals surface area contributed by atoms with Crippen LogP contribution in [0.1, 0.15) is 51.4 Å². The molecule has 6 nitrogen and oxygen atoms in total. The largest absolute Gasteiger partial charge is 0.388 e. The van der Waals surface area contributed by atoms with Crippen LogP contribution in [-0.2, 0) is 23.7 Å². The summed E-state index contributed by atoms with van der Waals surface area (Å²) in [5, 5.41) is 10.2. The molecule has 0 bridgehead atoms. The van der Waals surface area contributed by atoms with E-state index in [0.717, 1.165) is 38.5 Å². The number of aliphatic hydroxyl groups excluding tert-OH is 1. The van der Waals surface area contributed by atoms with Gasteiger partial charge in [0.15, 0.2) is 0 Å². The van der Waals surface area contributed by atoms with Crippen LogP contribution in [0.25, 0.3) is 0 Å².